The first-order valence-corrected chi connectivity index (χ1v) is 26.0. The summed E-state index contributed by atoms with van der Waals surface area (Å²) in [6.07, 6.45) is -27.0. The lowest BCUT2D eigenvalue weighted by atomic mass is 9.75. The molecule has 0 saturated carbocycles. The summed E-state index contributed by atoms with van der Waals surface area (Å²) in [7, 11) is 1.18. The number of aromatic hydroxyl groups is 2. The zero-order chi connectivity index (χ0) is 55.6. The highest BCUT2D eigenvalue weighted by Gasteiger charge is 2.51. The summed E-state index contributed by atoms with van der Waals surface area (Å²) in [5.74, 6) is -4.07. The highest BCUT2D eigenvalue weighted by molar-refractivity contribution is 6.11. The molecule has 5 fully saturated rings. The number of methoxy groups -OCH3 is 1. The second-order valence-corrected chi connectivity index (χ2v) is 21.7. The molecule has 5 heterocycles. The van der Waals surface area contributed by atoms with Gasteiger partial charge < -0.3 is 108 Å². The minimum Gasteiger partial charge on any atom is -0.507 e. The van der Waals surface area contributed by atoms with Gasteiger partial charge >= 0.3 is 0 Å². The summed E-state index contributed by atoms with van der Waals surface area (Å²) in [6.45, 7) is 12.1. The van der Waals surface area contributed by atoms with Crippen molar-refractivity contribution in [3.63, 3.8) is 0 Å². The van der Waals surface area contributed by atoms with E-state index in [1.54, 1.807) is 27.7 Å². The molecular weight excluding hydrogens is 1010 g/mol. The third kappa shape index (κ3) is 11.9. The topological polar surface area (TPSA) is 358 Å². The normalized spacial score (nSPS) is 42.5. The first-order chi connectivity index (χ1) is 35.7. The summed E-state index contributed by atoms with van der Waals surface area (Å²) in [5.41, 5.74) is -1.47. The van der Waals surface area contributed by atoms with Gasteiger partial charge in [0.1, 0.15) is 66.1 Å². The minimum atomic E-state index is -1.95. The number of aliphatic hydroxyl groups is 9. The fraction of sp³-hybridized carbons (Fsp3) is 0.769. The van der Waals surface area contributed by atoms with E-state index in [0.29, 0.717) is 0 Å². The highest BCUT2D eigenvalue weighted by Crippen LogP contribution is 2.47. The molecule has 8 rings (SSSR count). The Labute approximate surface area is 439 Å². The zero-order valence-corrected chi connectivity index (χ0v) is 44.0. The van der Waals surface area contributed by atoms with E-state index in [4.69, 9.17) is 52.1 Å². The Hall–Kier alpha value is -3.32. The van der Waals surface area contributed by atoms with Gasteiger partial charge in [-0.2, -0.15) is 0 Å². The lowest BCUT2D eigenvalue weighted by molar-refractivity contribution is -0.334. The molecule has 25 atom stereocenters. The van der Waals surface area contributed by atoms with Crippen LogP contribution in [0.2, 0.25) is 0 Å². The molecule has 5 aliphatic heterocycles. The van der Waals surface area contributed by atoms with E-state index < -0.39 is 176 Å². The van der Waals surface area contributed by atoms with Crippen molar-refractivity contribution in [2.75, 3.05) is 7.11 Å². The van der Waals surface area contributed by atoms with Crippen LogP contribution in [0.15, 0.2) is 12.1 Å². The third-order valence-corrected chi connectivity index (χ3v) is 15.9. The van der Waals surface area contributed by atoms with Gasteiger partial charge in [-0.05, 0) is 84.9 Å². The Morgan fingerprint density at radius 2 is 1.17 bits per heavy atom. The van der Waals surface area contributed by atoms with Gasteiger partial charge in [-0.3, -0.25) is 9.59 Å². The monoisotopic (exact) mass is 1080 g/mol. The number of aliphatic hydroxyl groups excluding tert-OH is 8. The van der Waals surface area contributed by atoms with Crippen LogP contribution >= 0.6 is 0 Å². The molecule has 1 unspecified atom stereocenters. The SMILES string of the molecule is CO[C@H](C(=O)[C@@H](O)[C@@H](C)O)C1Cc2cc3cc(O[C@H]4C[C@@H](O[C@H]5C[C@@H](O)[C@H](O)[C@@H](C)O5)[C@H](O)[C@@H](C)O4)c(C)c(O)c3c(O)c2C(=O)[C@H]1O[C@H]1C[C@@H](O[C@H]2C[C@@H](O[C@H]3C[C@](C)(O)[C@H](O)[C@@H](C)O3)[C@@H](O)[C@@H](C)O2)[C@@H](O)[C@@H](C)O1. The molecule has 24 heteroatoms. The summed E-state index contributed by atoms with van der Waals surface area (Å²) in [6, 6.07) is 3.03. The number of ether oxygens (including phenoxy) is 11. The molecule has 1 aliphatic carbocycles. The van der Waals surface area contributed by atoms with E-state index in [2.05, 4.69) is 0 Å². The summed E-state index contributed by atoms with van der Waals surface area (Å²) in [4.78, 5) is 28.9. The number of carbonyl (C=O) groups excluding carboxylic acids is 2. The average molecular weight is 1090 g/mol. The number of benzene rings is 2. The number of carbonyl (C=O) groups is 2. The largest absolute Gasteiger partial charge is 0.507 e. The second-order valence-electron chi connectivity index (χ2n) is 21.7. The lowest BCUT2D eigenvalue weighted by Crippen LogP contribution is -2.58. The Morgan fingerprint density at radius 1 is 0.684 bits per heavy atom. The van der Waals surface area contributed by atoms with Gasteiger partial charge in [0.15, 0.2) is 36.7 Å². The Bertz CT molecular complexity index is 2350. The quantitative estimate of drug-likeness (QED) is 0.110. The van der Waals surface area contributed by atoms with Crippen LogP contribution in [0.1, 0.15) is 102 Å². The maximum absolute atomic E-state index is 15.0. The Kier molecular flexibility index (Phi) is 18.1. The smallest absolute Gasteiger partial charge is 0.202 e. The first kappa shape index (κ1) is 58.8. The number of hydrogen-bond donors (Lipinski definition) is 11. The molecule has 76 heavy (non-hydrogen) atoms. The van der Waals surface area contributed by atoms with Crippen LogP contribution in [0.25, 0.3) is 10.8 Å². The third-order valence-electron chi connectivity index (χ3n) is 15.9. The first-order valence-electron chi connectivity index (χ1n) is 26.0. The van der Waals surface area contributed by atoms with E-state index in [0.717, 1.165) is 0 Å². The van der Waals surface area contributed by atoms with Gasteiger partial charge in [0, 0.05) is 50.7 Å². The number of rotatable bonds is 15. The van der Waals surface area contributed by atoms with Crippen LogP contribution in [-0.2, 0) is 58.6 Å². The van der Waals surface area contributed by atoms with E-state index in [1.165, 1.54) is 46.9 Å². The van der Waals surface area contributed by atoms with Crippen molar-refractivity contribution in [2.24, 2.45) is 5.92 Å². The molecule has 2 aromatic rings. The number of hydrogen-bond acceptors (Lipinski definition) is 24. The van der Waals surface area contributed by atoms with Crippen LogP contribution in [-0.4, -0.2) is 222 Å². The zero-order valence-electron chi connectivity index (χ0n) is 44.0. The van der Waals surface area contributed by atoms with Crippen molar-refractivity contribution in [2.45, 2.75) is 241 Å². The van der Waals surface area contributed by atoms with Crippen LogP contribution in [0.3, 0.4) is 0 Å². The van der Waals surface area contributed by atoms with Gasteiger partial charge in [-0.25, -0.2) is 0 Å². The highest BCUT2D eigenvalue weighted by atomic mass is 16.7. The molecule has 2 aromatic carbocycles. The predicted octanol–water partition coefficient (Wildman–Crippen LogP) is -0.249. The van der Waals surface area contributed by atoms with Crippen molar-refractivity contribution in [3.8, 4) is 17.2 Å². The van der Waals surface area contributed by atoms with E-state index in [-0.39, 0.29) is 71.7 Å². The van der Waals surface area contributed by atoms with Crippen molar-refractivity contribution in [1.29, 1.82) is 0 Å². The minimum absolute atomic E-state index is 0.0365. The molecule has 0 spiro atoms. The molecule has 0 aromatic heterocycles. The maximum atomic E-state index is 15.0. The van der Waals surface area contributed by atoms with Crippen LogP contribution in [0.5, 0.6) is 17.2 Å². The van der Waals surface area contributed by atoms with Crippen molar-refractivity contribution in [1.82, 2.24) is 0 Å². The van der Waals surface area contributed by atoms with Gasteiger partial charge in [0.2, 0.25) is 6.29 Å². The summed E-state index contributed by atoms with van der Waals surface area (Å²) >= 11 is 0. The molecule has 0 amide bonds. The van der Waals surface area contributed by atoms with E-state index >= 15 is 4.79 Å². The van der Waals surface area contributed by atoms with Gasteiger partial charge in [0.25, 0.3) is 0 Å². The lowest BCUT2D eigenvalue weighted by Gasteiger charge is -2.46. The summed E-state index contributed by atoms with van der Waals surface area (Å²) in [5, 5.41) is 120. The molecule has 11 N–H and O–H groups in total. The van der Waals surface area contributed by atoms with Crippen LogP contribution in [0.4, 0.5) is 0 Å². The molecule has 428 valence electrons. The molecule has 6 aliphatic rings. The standard InChI is InChI=1S/C52H76O24/c1-18-29(72-34-14-30(43(58)21(4)68-34)73-33-13-28(54)42(57)20(3)67-33)12-26-10-25-11-27(49(66-9)48(63)41(56)19(2)53)50(47(62)39(25)46(61)38(26)40(18)55)76-36-16-31(44(59)23(6)70-36)74-35-15-32(45(60)22(5)69-35)75-37-17-52(8,65)51(64)24(7)71-37/h10,12,19-24,27-28,30-37,41-45,49-51,53-61,64-65H,11,13-17H2,1-9H3/t19-,20-,21-,22-,23-,24-,27?,28-,30-,31-,32-,33+,34+,35+,36+,37+,41+,42-,43-,44+,45+,49+,50+,51-,52+/m1/s1. The van der Waals surface area contributed by atoms with Gasteiger partial charge in [-0.15, -0.1) is 0 Å². The average Bonchev–Trinajstić information content (AvgIpc) is 3.38. The number of fused-ring (bicyclic) bond motifs is 2. The Balaban J connectivity index is 1.04. The molecule has 24 nitrogen and oxygen atoms in total. The van der Waals surface area contributed by atoms with Gasteiger partial charge in [-0.1, -0.05) is 0 Å². The van der Waals surface area contributed by atoms with Crippen LogP contribution in [0, 0.1) is 12.8 Å². The van der Waals surface area contributed by atoms with Crippen molar-refractivity contribution < 1.29 is 118 Å². The number of Topliss-reactive ketones (excluding diaryl/α,β-unsaturated/α-hetero) is 2. The fourth-order valence-corrected chi connectivity index (χ4v) is 11.3. The molecule has 0 radical (unpaired) electrons. The van der Waals surface area contributed by atoms with Crippen molar-refractivity contribution >= 4 is 22.3 Å². The predicted molar refractivity (Wildman–Crippen MR) is 259 cm³/mol. The maximum Gasteiger partial charge on any atom is 0.202 e. The number of phenols is 2. The van der Waals surface area contributed by atoms with Crippen molar-refractivity contribution in [3.05, 3.63) is 28.8 Å². The Morgan fingerprint density at radius 3 is 1.70 bits per heavy atom. The van der Waals surface area contributed by atoms with Gasteiger partial charge in [0.05, 0.1) is 77.6 Å². The summed E-state index contributed by atoms with van der Waals surface area (Å²) < 4.78 is 66.5. The molecule has 0 bridgehead atoms. The molecule has 5 saturated heterocycles. The second kappa shape index (κ2) is 23.4. The fourth-order valence-electron chi connectivity index (χ4n) is 11.3. The number of ketones is 2. The molecular formula is C52H76O24. The van der Waals surface area contributed by atoms with E-state index in [9.17, 15) is 61.0 Å². The van der Waals surface area contributed by atoms with E-state index in [1.807, 2.05) is 0 Å². The van der Waals surface area contributed by atoms with Crippen LogP contribution < -0.4 is 4.74 Å². The number of phenolic OH excluding ortho intramolecular Hbond substituents is 2.